The Morgan fingerprint density at radius 2 is 2.17 bits per heavy atom. The van der Waals surface area contributed by atoms with Crippen molar-refractivity contribution < 1.29 is 14.3 Å². The maximum absolute atomic E-state index is 13.8. The predicted molar refractivity (Wildman–Crippen MR) is 68.0 cm³/mol. The molecule has 94 valence electrons. The summed E-state index contributed by atoms with van der Waals surface area (Å²) in [6.07, 6.45) is 0. The summed E-state index contributed by atoms with van der Waals surface area (Å²) < 4.78 is 15.5. The lowest BCUT2D eigenvalue weighted by molar-refractivity contribution is 0.0689. The van der Waals surface area contributed by atoms with E-state index in [1.807, 2.05) is 0 Å². The van der Waals surface area contributed by atoms with Crippen LogP contribution in [-0.4, -0.2) is 20.9 Å². The summed E-state index contributed by atoms with van der Waals surface area (Å²) in [5.41, 5.74) is 1.56. The van der Waals surface area contributed by atoms with E-state index in [9.17, 15) is 9.18 Å². The first-order valence-electron chi connectivity index (χ1n) is 5.14. The molecule has 0 radical (unpaired) electrons. The lowest BCUT2D eigenvalue weighted by atomic mass is 10.1. The van der Waals surface area contributed by atoms with E-state index >= 15 is 0 Å². The zero-order valence-corrected chi connectivity index (χ0v) is 11.3. The number of aryl methyl sites for hydroxylation is 2. The van der Waals surface area contributed by atoms with Crippen molar-refractivity contribution in [1.29, 1.82) is 0 Å². The van der Waals surface area contributed by atoms with Gasteiger partial charge >= 0.3 is 5.97 Å². The Morgan fingerprint density at radius 3 is 2.72 bits per heavy atom. The molecular weight excluding hydrogens is 303 g/mol. The highest BCUT2D eigenvalue weighted by Crippen LogP contribution is 2.32. The lowest BCUT2D eigenvalue weighted by Gasteiger charge is -2.07. The van der Waals surface area contributed by atoms with Gasteiger partial charge in [-0.2, -0.15) is 5.10 Å². The van der Waals surface area contributed by atoms with Crippen LogP contribution in [0.25, 0.3) is 11.3 Å². The second kappa shape index (κ2) is 4.53. The molecule has 2 rings (SSSR count). The van der Waals surface area contributed by atoms with Crippen molar-refractivity contribution in [1.82, 2.24) is 9.78 Å². The van der Waals surface area contributed by atoms with E-state index in [4.69, 9.17) is 5.11 Å². The summed E-state index contributed by atoms with van der Waals surface area (Å²) in [4.78, 5) is 10.8. The van der Waals surface area contributed by atoms with Crippen LogP contribution in [0.3, 0.4) is 0 Å². The molecule has 0 bridgehead atoms. The number of hydrogen-bond donors (Lipinski definition) is 1. The van der Waals surface area contributed by atoms with Crippen molar-refractivity contribution in [2.45, 2.75) is 6.92 Å². The van der Waals surface area contributed by atoms with Gasteiger partial charge in [0.05, 0.1) is 10.2 Å². The van der Waals surface area contributed by atoms with E-state index in [1.54, 1.807) is 26.1 Å². The molecule has 0 aliphatic carbocycles. The molecule has 2 aromatic rings. The summed E-state index contributed by atoms with van der Waals surface area (Å²) in [5, 5.41) is 12.7. The number of rotatable bonds is 2. The fourth-order valence-corrected chi connectivity index (χ4v) is 2.32. The molecule has 4 nitrogen and oxygen atoms in total. The van der Waals surface area contributed by atoms with Crippen LogP contribution in [0.4, 0.5) is 4.39 Å². The highest BCUT2D eigenvalue weighted by Gasteiger charge is 2.17. The third-order valence-electron chi connectivity index (χ3n) is 2.65. The molecule has 0 unspecified atom stereocenters. The largest absolute Gasteiger partial charge is 0.476 e. The van der Waals surface area contributed by atoms with Gasteiger partial charge in [-0.1, -0.05) is 12.1 Å². The Labute approximate surface area is 111 Å². The maximum atomic E-state index is 13.8. The van der Waals surface area contributed by atoms with Gasteiger partial charge in [0, 0.05) is 12.6 Å². The SMILES string of the molecule is Cc1ccc(-c2cc(C(=O)O)nn2C)c(Br)c1F. The van der Waals surface area contributed by atoms with Gasteiger partial charge in [0.2, 0.25) is 0 Å². The summed E-state index contributed by atoms with van der Waals surface area (Å²) in [5.74, 6) is -1.47. The minimum absolute atomic E-state index is 0.0691. The van der Waals surface area contributed by atoms with Crippen molar-refractivity contribution in [2.24, 2.45) is 7.05 Å². The van der Waals surface area contributed by atoms with E-state index in [2.05, 4.69) is 21.0 Å². The second-order valence-electron chi connectivity index (χ2n) is 3.90. The Bertz CT molecular complexity index is 637. The lowest BCUT2D eigenvalue weighted by Crippen LogP contribution is -1.99. The van der Waals surface area contributed by atoms with Crippen LogP contribution in [0, 0.1) is 12.7 Å². The topological polar surface area (TPSA) is 55.1 Å². The number of hydrogen-bond acceptors (Lipinski definition) is 2. The third kappa shape index (κ3) is 2.03. The number of carboxylic acid groups (broad SMARTS) is 1. The number of nitrogens with zero attached hydrogens (tertiary/aromatic N) is 2. The van der Waals surface area contributed by atoms with Gasteiger partial charge in [-0.25, -0.2) is 9.18 Å². The van der Waals surface area contributed by atoms with Gasteiger partial charge in [-0.05, 0) is 34.5 Å². The molecule has 1 aromatic carbocycles. The summed E-state index contributed by atoms with van der Waals surface area (Å²) in [7, 11) is 1.62. The normalized spacial score (nSPS) is 10.7. The number of carbonyl (C=O) groups is 1. The van der Waals surface area contributed by atoms with Crippen LogP contribution in [-0.2, 0) is 7.05 Å². The summed E-state index contributed by atoms with van der Waals surface area (Å²) in [6.45, 7) is 1.66. The molecule has 6 heteroatoms. The van der Waals surface area contributed by atoms with E-state index in [1.165, 1.54) is 10.7 Å². The van der Waals surface area contributed by atoms with Crippen LogP contribution in [0.5, 0.6) is 0 Å². The van der Waals surface area contributed by atoms with Crippen LogP contribution < -0.4 is 0 Å². The summed E-state index contributed by atoms with van der Waals surface area (Å²) >= 11 is 3.18. The fourth-order valence-electron chi connectivity index (χ4n) is 1.67. The molecule has 0 fully saturated rings. The van der Waals surface area contributed by atoms with E-state index in [0.717, 1.165) is 0 Å². The first-order chi connectivity index (χ1) is 8.41. The minimum atomic E-state index is -1.11. The number of aromatic carboxylic acids is 1. The highest BCUT2D eigenvalue weighted by molar-refractivity contribution is 9.10. The van der Waals surface area contributed by atoms with E-state index < -0.39 is 5.97 Å². The summed E-state index contributed by atoms with van der Waals surface area (Å²) in [6, 6.07) is 4.78. The van der Waals surface area contributed by atoms with Crippen molar-refractivity contribution in [2.75, 3.05) is 0 Å². The van der Waals surface area contributed by atoms with Crippen molar-refractivity contribution in [3.8, 4) is 11.3 Å². The standard InChI is InChI=1S/C12H10BrFN2O2/c1-6-3-4-7(10(13)11(6)14)9-5-8(12(17)18)15-16(9)2/h3-5H,1-2H3,(H,17,18). The van der Waals surface area contributed by atoms with Crippen molar-refractivity contribution in [3.63, 3.8) is 0 Å². The Balaban J connectivity index is 2.62. The number of aromatic nitrogens is 2. The zero-order valence-electron chi connectivity index (χ0n) is 9.74. The number of halogens is 2. The quantitative estimate of drug-likeness (QED) is 0.927. The third-order valence-corrected chi connectivity index (χ3v) is 3.43. The molecule has 18 heavy (non-hydrogen) atoms. The Hall–Kier alpha value is -1.69. The highest BCUT2D eigenvalue weighted by atomic mass is 79.9. The molecule has 0 saturated carbocycles. The average Bonchev–Trinajstić information content (AvgIpc) is 2.69. The van der Waals surface area contributed by atoms with E-state index in [0.29, 0.717) is 21.3 Å². The molecule has 0 aliphatic rings. The number of benzene rings is 1. The van der Waals surface area contributed by atoms with Gasteiger partial charge in [-0.15, -0.1) is 0 Å². The maximum Gasteiger partial charge on any atom is 0.356 e. The van der Waals surface area contributed by atoms with Gasteiger partial charge in [-0.3, -0.25) is 4.68 Å². The molecule has 0 spiro atoms. The predicted octanol–water partition coefficient (Wildman–Crippen LogP) is 3.00. The smallest absolute Gasteiger partial charge is 0.356 e. The fraction of sp³-hybridized carbons (Fsp3) is 0.167. The van der Waals surface area contributed by atoms with Gasteiger partial charge in [0.25, 0.3) is 0 Å². The molecule has 1 aromatic heterocycles. The number of carboxylic acids is 1. The van der Waals surface area contributed by atoms with Gasteiger partial charge in [0.1, 0.15) is 5.82 Å². The first kappa shape index (κ1) is 12.8. The second-order valence-corrected chi connectivity index (χ2v) is 4.69. The molecule has 0 amide bonds. The van der Waals surface area contributed by atoms with Crippen LogP contribution in [0.1, 0.15) is 16.1 Å². The van der Waals surface area contributed by atoms with E-state index in [-0.39, 0.29) is 11.5 Å². The molecular formula is C12H10BrFN2O2. The van der Waals surface area contributed by atoms with Gasteiger partial charge < -0.3 is 5.11 Å². The monoisotopic (exact) mass is 312 g/mol. The van der Waals surface area contributed by atoms with Crippen LogP contribution in [0.2, 0.25) is 0 Å². The zero-order chi connectivity index (χ0) is 13.4. The molecule has 1 heterocycles. The van der Waals surface area contributed by atoms with Crippen LogP contribution in [0.15, 0.2) is 22.7 Å². The molecule has 0 aliphatic heterocycles. The van der Waals surface area contributed by atoms with Crippen LogP contribution >= 0.6 is 15.9 Å². The first-order valence-corrected chi connectivity index (χ1v) is 5.93. The Morgan fingerprint density at radius 1 is 1.50 bits per heavy atom. The average molecular weight is 313 g/mol. The molecule has 0 atom stereocenters. The molecule has 0 saturated heterocycles. The van der Waals surface area contributed by atoms with Crippen molar-refractivity contribution >= 4 is 21.9 Å². The van der Waals surface area contributed by atoms with Gasteiger partial charge in [0.15, 0.2) is 5.69 Å². The molecule has 1 N–H and O–H groups in total. The minimum Gasteiger partial charge on any atom is -0.476 e. The Kier molecular flexibility index (Phi) is 3.21. The van der Waals surface area contributed by atoms with Crippen molar-refractivity contribution in [3.05, 3.63) is 39.7 Å².